The molecule has 0 radical (unpaired) electrons. The maximum absolute atomic E-state index is 10.6. The van der Waals surface area contributed by atoms with Gasteiger partial charge in [-0.1, -0.05) is 84.9 Å². The van der Waals surface area contributed by atoms with Crippen LogP contribution in [0, 0.1) is 0 Å². The van der Waals surface area contributed by atoms with Crippen LogP contribution >= 0.6 is 0 Å². The van der Waals surface area contributed by atoms with Crippen LogP contribution in [0.15, 0.2) is 108 Å². The van der Waals surface area contributed by atoms with E-state index in [9.17, 15) is 13.2 Å². The molecule has 1 heterocycles. The lowest BCUT2D eigenvalue weighted by atomic mass is 9.75. The molecule has 4 aromatic rings. The van der Waals surface area contributed by atoms with Crippen LogP contribution in [-0.2, 0) is 16.8 Å². The number of hydrogen-bond acceptors (Lipinski definition) is 4. The summed E-state index contributed by atoms with van der Waals surface area (Å²) in [5, 5.41) is 7.12. The van der Waals surface area contributed by atoms with E-state index < -0.39 is 17.7 Å². The van der Waals surface area contributed by atoms with E-state index >= 15 is 0 Å². The highest BCUT2D eigenvalue weighted by molar-refractivity contribution is 6.00. The molecule has 0 aromatic heterocycles. The number of hydrogen-bond donors (Lipinski definition) is 2. The van der Waals surface area contributed by atoms with E-state index in [0.29, 0.717) is 5.84 Å². The molecule has 0 bridgehead atoms. The van der Waals surface area contributed by atoms with Gasteiger partial charge in [0, 0.05) is 12.0 Å². The number of aliphatic imine (C=N–C) groups is 1. The molecule has 1 aliphatic rings. The van der Waals surface area contributed by atoms with Crippen LogP contribution in [0.25, 0.3) is 11.1 Å². The van der Waals surface area contributed by atoms with Crippen molar-refractivity contribution < 1.29 is 27.8 Å². The minimum atomic E-state index is -5.08. The summed E-state index contributed by atoms with van der Waals surface area (Å²) < 4.78 is 37.2. The van der Waals surface area contributed by atoms with Crippen LogP contribution < -0.4 is 10.5 Å². The summed E-state index contributed by atoms with van der Waals surface area (Å²) in [5.41, 5.74) is 12.7. The molecule has 0 amide bonds. The molecule has 38 heavy (non-hydrogen) atoms. The lowest BCUT2D eigenvalue weighted by Crippen LogP contribution is -2.36. The first kappa shape index (κ1) is 26.5. The number of nitrogens with zero attached hydrogens (tertiary/aromatic N) is 1. The van der Waals surface area contributed by atoms with Crippen molar-refractivity contribution in [2.45, 2.75) is 18.1 Å². The summed E-state index contributed by atoms with van der Waals surface area (Å²) in [6, 6.07) is 35.5. The SMILES string of the molecule is COc1cccc(-c2cccc(C3(c4ccccc4)Cc4ccccc4C(N)=N3)c2)c1.O=C(O)C(F)(F)F. The molecule has 3 N–H and O–H groups in total. The molecule has 1 atom stereocenters. The number of carboxylic acid groups (broad SMARTS) is 1. The minimum absolute atomic E-state index is 0.575. The molecule has 0 saturated carbocycles. The van der Waals surface area contributed by atoms with Gasteiger partial charge in [-0.3, -0.25) is 4.99 Å². The van der Waals surface area contributed by atoms with Crippen molar-refractivity contribution in [2.75, 3.05) is 7.11 Å². The Morgan fingerprint density at radius 2 is 1.45 bits per heavy atom. The Balaban J connectivity index is 0.000000426. The van der Waals surface area contributed by atoms with Crippen molar-refractivity contribution in [1.82, 2.24) is 0 Å². The van der Waals surface area contributed by atoms with Crippen molar-refractivity contribution in [2.24, 2.45) is 10.7 Å². The standard InChI is InChI=1S/C28H24N2O.C2HF3O2/c1-31-25-15-8-11-21(18-25)20-10-7-14-24(17-20)28(23-12-3-2-4-13-23)19-22-9-5-6-16-26(22)27(29)30-28;3-2(4,5)1(6)7/h2-18H,19H2,1H3,(H2,29,30);(H,6,7). The van der Waals surface area contributed by atoms with Gasteiger partial charge in [0.05, 0.1) is 7.11 Å². The summed E-state index contributed by atoms with van der Waals surface area (Å²) in [6.07, 6.45) is -4.32. The summed E-state index contributed by atoms with van der Waals surface area (Å²) in [5.74, 6) is -1.33. The van der Waals surface area contributed by atoms with Gasteiger partial charge in [0.1, 0.15) is 17.1 Å². The molecule has 0 saturated heterocycles. The number of methoxy groups -OCH3 is 1. The Kier molecular flexibility index (Phi) is 7.52. The van der Waals surface area contributed by atoms with Gasteiger partial charge in [0.2, 0.25) is 0 Å². The minimum Gasteiger partial charge on any atom is -0.497 e. The van der Waals surface area contributed by atoms with Crippen molar-refractivity contribution in [3.63, 3.8) is 0 Å². The maximum atomic E-state index is 10.6. The van der Waals surface area contributed by atoms with Gasteiger partial charge < -0.3 is 15.6 Å². The first-order chi connectivity index (χ1) is 18.1. The highest BCUT2D eigenvalue weighted by Crippen LogP contribution is 2.42. The number of carboxylic acids is 1. The lowest BCUT2D eigenvalue weighted by Gasteiger charge is -2.36. The smallest absolute Gasteiger partial charge is 0.490 e. The number of benzene rings is 4. The number of fused-ring (bicyclic) bond motifs is 1. The molecule has 194 valence electrons. The molecule has 5 rings (SSSR count). The van der Waals surface area contributed by atoms with E-state index in [-0.39, 0.29) is 0 Å². The van der Waals surface area contributed by atoms with Crippen LogP contribution in [-0.4, -0.2) is 30.2 Å². The van der Waals surface area contributed by atoms with Crippen LogP contribution in [0.1, 0.15) is 22.3 Å². The van der Waals surface area contributed by atoms with Gasteiger partial charge in [0.15, 0.2) is 0 Å². The average molecular weight is 519 g/mol. The number of alkyl halides is 3. The quantitative estimate of drug-likeness (QED) is 0.337. The predicted octanol–water partition coefficient (Wildman–Crippen LogP) is 6.20. The van der Waals surface area contributed by atoms with E-state index in [0.717, 1.165) is 40.0 Å². The third-order valence-corrected chi connectivity index (χ3v) is 6.29. The zero-order valence-corrected chi connectivity index (χ0v) is 20.4. The fraction of sp³-hybridized carbons (Fsp3) is 0.133. The van der Waals surface area contributed by atoms with E-state index in [2.05, 4.69) is 78.9 Å². The third-order valence-electron chi connectivity index (χ3n) is 6.29. The zero-order chi connectivity index (χ0) is 27.3. The van der Waals surface area contributed by atoms with Crippen LogP contribution in [0.5, 0.6) is 5.75 Å². The topological polar surface area (TPSA) is 84.9 Å². The number of halogens is 3. The molecule has 4 aromatic carbocycles. The molecule has 0 fully saturated rings. The number of nitrogens with two attached hydrogens (primary N) is 1. The van der Waals surface area contributed by atoms with Crippen molar-refractivity contribution in [1.29, 1.82) is 0 Å². The van der Waals surface area contributed by atoms with Crippen molar-refractivity contribution >= 4 is 11.8 Å². The normalized spacial score (nSPS) is 16.4. The molecule has 0 aliphatic carbocycles. The third kappa shape index (κ3) is 5.54. The van der Waals surface area contributed by atoms with Gasteiger partial charge in [-0.25, -0.2) is 4.79 Å². The first-order valence-corrected chi connectivity index (χ1v) is 11.7. The number of rotatable bonds is 4. The van der Waals surface area contributed by atoms with Gasteiger partial charge in [-0.15, -0.1) is 0 Å². The van der Waals surface area contributed by atoms with Gasteiger partial charge in [0.25, 0.3) is 0 Å². The van der Waals surface area contributed by atoms with Crippen LogP contribution in [0.2, 0.25) is 0 Å². The van der Waals surface area contributed by atoms with E-state index in [1.807, 2.05) is 24.3 Å². The molecule has 8 heteroatoms. The number of amidine groups is 1. The summed E-state index contributed by atoms with van der Waals surface area (Å²) in [7, 11) is 1.69. The molecule has 5 nitrogen and oxygen atoms in total. The van der Waals surface area contributed by atoms with Gasteiger partial charge >= 0.3 is 12.1 Å². The van der Waals surface area contributed by atoms with Crippen LogP contribution in [0.4, 0.5) is 13.2 Å². The Morgan fingerprint density at radius 1 is 0.868 bits per heavy atom. The first-order valence-electron chi connectivity index (χ1n) is 11.7. The number of aliphatic carboxylic acids is 1. The Hall–Kier alpha value is -4.59. The molecule has 0 spiro atoms. The van der Waals surface area contributed by atoms with Crippen LogP contribution in [0.3, 0.4) is 0 Å². The number of carbonyl (C=O) groups is 1. The highest BCUT2D eigenvalue weighted by Gasteiger charge is 2.39. The molecular formula is C30H25F3N2O3. The monoisotopic (exact) mass is 518 g/mol. The fourth-order valence-corrected chi connectivity index (χ4v) is 4.48. The van der Waals surface area contributed by atoms with Crippen molar-refractivity contribution in [3.8, 4) is 16.9 Å². The van der Waals surface area contributed by atoms with E-state index in [1.54, 1.807) is 7.11 Å². The molecule has 1 aliphatic heterocycles. The predicted molar refractivity (Wildman–Crippen MR) is 140 cm³/mol. The Bertz CT molecular complexity index is 1470. The Labute approximate surface area is 218 Å². The molecule has 1 unspecified atom stereocenters. The van der Waals surface area contributed by atoms with Crippen molar-refractivity contribution in [3.05, 3.63) is 125 Å². The van der Waals surface area contributed by atoms with E-state index in [4.69, 9.17) is 25.4 Å². The second-order valence-corrected chi connectivity index (χ2v) is 8.67. The zero-order valence-electron chi connectivity index (χ0n) is 20.4. The largest absolute Gasteiger partial charge is 0.497 e. The van der Waals surface area contributed by atoms with E-state index in [1.165, 1.54) is 5.56 Å². The Morgan fingerprint density at radius 3 is 2.11 bits per heavy atom. The summed E-state index contributed by atoms with van der Waals surface area (Å²) in [4.78, 5) is 14.0. The lowest BCUT2D eigenvalue weighted by molar-refractivity contribution is -0.192. The maximum Gasteiger partial charge on any atom is 0.490 e. The fourth-order valence-electron chi connectivity index (χ4n) is 4.48. The summed E-state index contributed by atoms with van der Waals surface area (Å²) >= 11 is 0. The summed E-state index contributed by atoms with van der Waals surface area (Å²) in [6.45, 7) is 0. The number of ether oxygens (including phenoxy) is 1. The van der Waals surface area contributed by atoms with Gasteiger partial charge in [-0.2, -0.15) is 13.2 Å². The second kappa shape index (κ2) is 10.8. The average Bonchev–Trinajstić information content (AvgIpc) is 2.93. The van der Waals surface area contributed by atoms with Gasteiger partial charge in [-0.05, 0) is 46.0 Å². The second-order valence-electron chi connectivity index (χ2n) is 8.67. The highest BCUT2D eigenvalue weighted by atomic mass is 19.4. The molecular weight excluding hydrogens is 493 g/mol.